The minimum atomic E-state index is 0.172. The predicted octanol–water partition coefficient (Wildman–Crippen LogP) is 6.45. The van der Waals surface area contributed by atoms with Crippen LogP contribution in [0.25, 0.3) is 21.8 Å². The number of methoxy groups -OCH3 is 1. The van der Waals surface area contributed by atoms with Crippen molar-refractivity contribution in [1.29, 1.82) is 0 Å². The minimum Gasteiger partial charge on any atom is -0.467 e. The van der Waals surface area contributed by atoms with Gasteiger partial charge in [0.2, 0.25) is 5.95 Å². The van der Waals surface area contributed by atoms with Gasteiger partial charge in [0.1, 0.15) is 6.61 Å². The normalized spacial score (nSPS) is 11.4. The number of nitrogens with zero attached hydrogens (tertiary/aromatic N) is 5. The zero-order valence-corrected chi connectivity index (χ0v) is 25.0. The Kier molecular flexibility index (Phi) is 9.93. The van der Waals surface area contributed by atoms with Crippen molar-refractivity contribution in [3.63, 3.8) is 0 Å². The number of rotatable bonds is 15. The molecule has 2 heterocycles. The van der Waals surface area contributed by atoms with E-state index in [-0.39, 0.29) is 12.0 Å². The quantitative estimate of drug-likeness (QED) is 0.0608. The molecular weight excluding hydrogens is 554 g/mol. The molecule has 220 valence electrons. The first-order valence-corrected chi connectivity index (χ1v) is 14.7. The highest BCUT2D eigenvalue weighted by molar-refractivity contribution is 7.94. The first-order valence-electron chi connectivity index (χ1n) is 13.9. The summed E-state index contributed by atoms with van der Waals surface area (Å²) in [4.78, 5) is 21.2. The molecule has 0 radical (unpaired) electrons. The van der Waals surface area contributed by atoms with Crippen molar-refractivity contribution < 1.29 is 18.8 Å². The number of ether oxygens (including phenoxy) is 2. The molecule has 11 nitrogen and oxygen atoms in total. The molecule has 2 aromatic heterocycles. The molecule has 5 aromatic rings. The molecule has 0 aliphatic carbocycles. The number of likely N-dealkylation sites (N-methyl/N-ethyl adjacent to an activating group) is 1. The molecule has 12 heteroatoms. The molecule has 0 atom stereocenters. The Labute approximate surface area is 249 Å². The highest BCUT2D eigenvalue weighted by Gasteiger charge is 2.11. The summed E-state index contributed by atoms with van der Waals surface area (Å²) in [6.07, 6.45) is 0. The van der Waals surface area contributed by atoms with Gasteiger partial charge in [0, 0.05) is 40.0 Å². The van der Waals surface area contributed by atoms with Crippen molar-refractivity contribution in [2.75, 3.05) is 44.1 Å². The maximum Gasteiger partial charge on any atom is 0.324 e. The van der Waals surface area contributed by atoms with E-state index < -0.39 is 0 Å². The van der Waals surface area contributed by atoms with E-state index in [0.717, 1.165) is 60.0 Å². The molecule has 2 N–H and O–H groups in total. The van der Waals surface area contributed by atoms with Gasteiger partial charge < -0.3 is 24.3 Å². The van der Waals surface area contributed by atoms with Crippen LogP contribution in [0.5, 0.6) is 12.0 Å². The van der Waals surface area contributed by atoms with Crippen molar-refractivity contribution >= 4 is 51.2 Å². The third-order valence-corrected chi connectivity index (χ3v) is 7.43. The van der Waals surface area contributed by atoms with Crippen molar-refractivity contribution in [3.8, 4) is 12.0 Å². The molecule has 0 spiro atoms. The molecule has 0 aliphatic heterocycles. The molecule has 3 aromatic carbocycles. The van der Waals surface area contributed by atoms with Gasteiger partial charge >= 0.3 is 12.0 Å². The lowest BCUT2D eigenvalue weighted by molar-refractivity contribution is -0.161. The second kappa shape index (κ2) is 14.2. The molecule has 0 unspecified atom stereocenters. The standard InChI is InChI=1S/C30H35N7O4S/c1-5-36(6-2)18-19-39-30-33-28(32-29(34-30)38-4)31-21-12-15-23(16-13-21)42-41-40-35-22-14-17-25-24-10-8-9-11-26(24)37(7-3)27(25)20-22/h8-17,20,35H,5-7,18-19H2,1-4H3,(H,31,32,33,34). The predicted molar refractivity (Wildman–Crippen MR) is 166 cm³/mol. The number of benzene rings is 3. The maximum absolute atomic E-state index is 5.75. The average molecular weight is 590 g/mol. The molecule has 0 fully saturated rings. The molecule has 0 saturated carbocycles. The van der Waals surface area contributed by atoms with E-state index in [4.69, 9.17) is 18.8 Å². The number of hydrogen-bond donors (Lipinski definition) is 2. The van der Waals surface area contributed by atoms with Crippen molar-refractivity contribution in [2.24, 2.45) is 0 Å². The van der Waals surface area contributed by atoms with Crippen LogP contribution in [0.15, 0.2) is 71.6 Å². The van der Waals surface area contributed by atoms with E-state index >= 15 is 0 Å². The smallest absolute Gasteiger partial charge is 0.324 e. The van der Waals surface area contributed by atoms with Crippen molar-refractivity contribution in [3.05, 3.63) is 66.7 Å². The number of hydrogen-bond acceptors (Lipinski definition) is 11. The average Bonchev–Trinajstić information content (AvgIpc) is 3.35. The third kappa shape index (κ3) is 7.02. The monoisotopic (exact) mass is 589 g/mol. The Bertz CT molecular complexity index is 1610. The van der Waals surface area contributed by atoms with Crippen LogP contribution in [-0.4, -0.2) is 57.8 Å². The number of aryl methyl sites for hydroxylation is 1. The summed E-state index contributed by atoms with van der Waals surface area (Å²) in [5.74, 6) is 0.322. The van der Waals surface area contributed by atoms with Crippen LogP contribution < -0.4 is 20.3 Å². The van der Waals surface area contributed by atoms with Crippen LogP contribution >= 0.6 is 12.0 Å². The van der Waals surface area contributed by atoms with Gasteiger partial charge in [-0.15, -0.1) is 14.3 Å². The van der Waals surface area contributed by atoms with Crippen LogP contribution in [0.1, 0.15) is 20.8 Å². The number of nitrogens with one attached hydrogen (secondary N) is 2. The Hall–Kier alpha value is -4.10. The Morgan fingerprint density at radius 2 is 1.57 bits per heavy atom. The molecule has 0 aliphatic rings. The number of fused-ring (bicyclic) bond motifs is 3. The first kappa shape index (κ1) is 29.4. The van der Waals surface area contributed by atoms with Gasteiger partial charge in [0.05, 0.1) is 30.4 Å². The Morgan fingerprint density at radius 1 is 0.833 bits per heavy atom. The summed E-state index contributed by atoms with van der Waals surface area (Å²) in [7, 11) is 1.50. The molecule has 0 saturated heterocycles. The van der Waals surface area contributed by atoms with Gasteiger partial charge in [-0.05, 0) is 62.5 Å². The van der Waals surface area contributed by atoms with E-state index in [1.54, 1.807) is 0 Å². The molecule has 0 bridgehead atoms. The van der Waals surface area contributed by atoms with Crippen LogP contribution in [0.3, 0.4) is 0 Å². The number of anilines is 3. The largest absolute Gasteiger partial charge is 0.467 e. The van der Waals surface area contributed by atoms with Gasteiger partial charge in [-0.1, -0.05) is 38.1 Å². The van der Waals surface area contributed by atoms with Gasteiger partial charge in [0.25, 0.3) is 0 Å². The fourth-order valence-electron chi connectivity index (χ4n) is 4.65. The van der Waals surface area contributed by atoms with Gasteiger partial charge in [-0.3, -0.25) is 0 Å². The summed E-state index contributed by atoms with van der Waals surface area (Å²) < 4.78 is 18.6. The van der Waals surface area contributed by atoms with Crippen LogP contribution in [0.4, 0.5) is 17.3 Å². The van der Waals surface area contributed by atoms with E-state index in [1.807, 2.05) is 30.3 Å². The number of aromatic nitrogens is 4. The lowest BCUT2D eigenvalue weighted by Crippen LogP contribution is -2.28. The zero-order valence-electron chi connectivity index (χ0n) is 24.2. The lowest BCUT2D eigenvalue weighted by atomic mass is 10.1. The summed E-state index contributed by atoms with van der Waals surface area (Å²) in [6, 6.07) is 22.5. The van der Waals surface area contributed by atoms with E-state index in [0.29, 0.717) is 12.6 Å². The maximum atomic E-state index is 5.75. The molecule has 42 heavy (non-hydrogen) atoms. The minimum absolute atomic E-state index is 0.172. The Balaban J connectivity index is 1.13. The van der Waals surface area contributed by atoms with Crippen LogP contribution in [0, 0.1) is 0 Å². The van der Waals surface area contributed by atoms with E-state index in [2.05, 4.69) is 92.4 Å². The second-order valence-electron chi connectivity index (χ2n) is 9.28. The van der Waals surface area contributed by atoms with Gasteiger partial charge in [0.15, 0.2) is 0 Å². The summed E-state index contributed by atoms with van der Waals surface area (Å²) in [5.41, 5.74) is 6.80. The summed E-state index contributed by atoms with van der Waals surface area (Å²) in [6.45, 7) is 10.4. The number of para-hydroxylation sites is 1. The summed E-state index contributed by atoms with van der Waals surface area (Å²) in [5, 5.41) is 5.60. The SMILES string of the molecule is CCN(CC)CCOc1nc(Nc2ccc(SOONc3ccc4c5ccccc5n(CC)c4c3)cc2)nc(OC)n1. The highest BCUT2D eigenvalue weighted by Crippen LogP contribution is 2.31. The van der Waals surface area contributed by atoms with E-state index in [1.165, 1.54) is 23.4 Å². The first-order chi connectivity index (χ1) is 20.6. The van der Waals surface area contributed by atoms with Crippen molar-refractivity contribution in [2.45, 2.75) is 32.2 Å². The van der Waals surface area contributed by atoms with Crippen LogP contribution in [-0.2, 0) is 15.9 Å². The fraction of sp³-hybridized carbons (Fsp3) is 0.300. The van der Waals surface area contributed by atoms with Crippen LogP contribution in [0.2, 0.25) is 0 Å². The fourth-order valence-corrected chi connectivity index (χ4v) is 5.05. The highest BCUT2D eigenvalue weighted by atomic mass is 32.2. The van der Waals surface area contributed by atoms with Gasteiger partial charge in [-0.2, -0.15) is 9.97 Å². The van der Waals surface area contributed by atoms with Crippen molar-refractivity contribution in [1.82, 2.24) is 24.4 Å². The van der Waals surface area contributed by atoms with E-state index in [9.17, 15) is 0 Å². The third-order valence-electron chi connectivity index (χ3n) is 6.83. The second-order valence-corrected chi connectivity index (χ2v) is 10.1. The Morgan fingerprint density at radius 3 is 2.33 bits per heavy atom. The summed E-state index contributed by atoms with van der Waals surface area (Å²) >= 11 is 1.09. The molecular formula is C30H35N7O4S. The molecule has 5 rings (SSSR count). The molecule has 0 amide bonds. The lowest BCUT2D eigenvalue weighted by Gasteiger charge is -2.17. The topological polar surface area (TPSA) is 108 Å². The van der Waals surface area contributed by atoms with Gasteiger partial charge in [-0.25, -0.2) is 5.48 Å². The zero-order chi connectivity index (χ0) is 29.3.